The molecule has 21 valence electrons. The summed E-state index contributed by atoms with van der Waals surface area (Å²) in [6, 6.07) is 0. The van der Waals surface area contributed by atoms with Crippen LogP contribution in [0.4, 0.5) is 0 Å². The molecule has 5 radical (unpaired) electrons. The van der Waals surface area contributed by atoms with Gasteiger partial charge in [-0.05, 0) is 0 Å². The number of hydrogen-bond acceptors (Lipinski definition) is 1. The fraction of sp³-hybridized carbons (Fsp3) is 1.00. The Morgan fingerprint density at radius 1 is 1.80 bits per heavy atom. The van der Waals surface area contributed by atoms with E-state index in [-0.39, 0.29) is 0 Å². The topological polar surface area (TPSA) is 9.23 Å². The second-order valence-electron chi connectivity index (χ2n) is 0.538. The predicted molar refractivity (Wildman–Crippen MR) is 23.2 cm³/mol. The van der Waals surface area contributed by atoms with Gasteiger partial charge in [0.1, 0.15) is 0 Å². The Balaban J connectivity index is 2.19. The van der Waals surface area contributed by atoms with E-state index in [1.54, 1.807) is 0 Å². The van der Waals surface area contributed by atoms with Gasteiger partial charge in [0, 0.05) is 0 Å². The summed E-state index contributed by atoms with van der Waals surface area (Å²) in [5.41, 5.74) is 0. The van der Waals surface area contributed by atoms with Crippen LogP contribution in [-0.4, -0.2) is 23.4 Å². The Kier molecular flexibility index (Phi) is 4.28. The molecule has 0 aliphatic heterocycles. The summed E-state index contributed by atoms with van der Waals surface area (Å²) in [7, 11) is 10.7. The van der Waals surface area contributed by atoms with Gasteiger partial charge in [-0.25, -0.2) is 0 Å². The van der Waals surface area contributed by atoms with Crippen LogP contribution in [-0.2, 0) is 4.57 Å². The smallest absolute Gasteiger partial charge is 0.262 e. The van der Waals surface area contributed by atoms with Crippen LogP contribution >= 0.6 is 0 Å². The normalized spacial score (nSPS) is 7.20. The molecule has 0 fully saturated rings. The molecule has 0 spiro atoms. The highest BCUT2D eigenvalue weighted by molar-refractivity contribution is 6.45. The standard InChI is InChI=1S/CH2B3O/c2-1-4-5-3/h1H2. The predicted octanol–water partition coefficient (Wildman–Crippen LogP) is -0.750. The van der Waals surface area contributed by atoms with Gasteiger partial charge >= 0.3 is 0 Å². The van der Waals surface area contributed by atoms with Crippen LogP contribution in [0.5, 0.6) is 0 Å². The monoisotopic (exact) mass is 63.0 g/mol. The van der Waals surface area contributed by atoms with Crippen molar-refractivity contribution in [3.05, 3.63) is 0 Å². The molecule has 0 unspecified atom stereocenters. The van der Waals surface area contributed by atoms with E-state index in [1.165, 1.54) is 7.48 Å². The van der Waals surface area contributed by atoms with Crippen molar-refractivity contribution < 1.29 is 4.57 Å². The van der Waals surface area contributed by atoms with Crippen LogP contribution in [0.15, 0.2) is 0 Å². The van der Waals surface area contributed by atoms with E-state index in [4.69, 9.17) is 7.85 Å². The molecular formula is CH2B3O. The van der Waals surface area contributed by atoms with Gasteiger partial charge in [0.15, 0.2) is 0 Å². The van der Waals surface area contributed by atoms with Gasteiger partial charge in [0.25, 0.3) is 15.5 Å². The lowest BCUT2D eigenvalue weighted by atomic mass is 9.80. The van der Waals surface area contributed by atoms with Crippen LogP contribution in [0.25, 0.3) is 0 Å². The summed E-state index contributed by atoms with van der Waals surface area (Å²) < 4.78 is 3.94. The lowest BCUT2D eigenvalue weighted by molar-refractivity contribution is 0.668. The molecule has 4 heteroatoms. The van der Waals surface area contributed by atoms with Gasteiger partial charge < -0.3 is 4.57 Å². The van der Waals surface area contributed by atoms with Gasteiger partial charge in [-0.15, -0.1) is 0 Å². The first-order valence-corrected chi connectivity index (χ1v) is 1.29. The van der Waals surface area contributed by atoms with Crippen molar-refractivity contribution in [1.82, 2.24) is 0 Å². The molecule has 0 atom stereocenters. The molecule has 5 heavy (non-hydrogen) atoms. The first-order chi connectivity index (χ1) is 2.41. The molecule has 0 heterocycles. The molecule has 0 aromatic carbocycles. The van der Waals surface area contributed by atoms with E-state index in [9.17, 15) is 0 Å². The zero-order chi connectivity index (χ0) is 4.12. The summed E-state index contributed by atoms with van der Waals surface area (Å²) in [6.45, 7) is 0. The molecular weight excluding hydrogens is 60.4 g/mol. The van der Waals surface area contributed by atoms with Crippen molar-refractivity contribution in [2.45, 2.75) is 6.22 Å². The van der Waals surface area contributed by atoms with Crippen LogP contribution in [0, 0.1) is 0 Å². The molecule has 0 aromatic heterocycles. The Morgan fingerprint density at radius 3 is 2.40 bits per heavy atom. The third-order valence-electron chi connectivity index (χ3n) is 0.192. The quantitative estimate of drug-likeness (QED) is 0.383. The van der Waals surface area contributed by atoms with E-state index in [1.807, 2.05) is 0 Å². The Hall–Kier alpha value is 0.155. The zero-order valence-electron chi connectivity index (χ0n) is 2.85. The minimum absolute atomic E-state index is 0.372. The van der Waals surface area contributed by atoms with Gasteiger partial charge in [-0.2, -0.15) is 0 Å². The molecule has 0 bridgehead atoms. The molecule has 0 aromatic rings. The van der Waals surface area contributed by atoms with Gasteiger partial charge in [0.05, 0.1) is 7.85 Å². The van der Waals surface area contributed by atoms with Crippen molar-refractivity contribution in [3.8, 4) is 0 Å². The average molecular weight is 62.5 g/mol. The molecule has 0 amide bonds. The molecule has 0 rings (SSSR count). The van der Waals surface area contributed by atoms with Gasteiger partial charge in [-0.1, -0.05) is 6.22 Å². The molecule has 0 aliphatic carbocycles. The van der Waals surface area contributed by atoms with Crippen molar-refractivity contribution in [3.63, 3.8) is 0 Å². The second kappa shape index (κ2) is 4.15. The van der Waals surface area contributed by atoms with E-state index >= 15 is 0 Å². The highest BCUT2D eigenvalue weighted by Crippen LogP contribution is 1.61. The minimum Gasteiger partial charge on any atom is -0.511 e. The second-order valence-corrected chi connectivity index (χ2v) is 0.538. The van der Waals surface area contributed by atoms with Gasteiger partial charge in [-0.3, -0.25) is 0 Å². The lowest BCUT2D eigenvalue weighted by Gasteiger charge is -1.81. The van der Waals surface area contributed by atoms with Gasteiger partial charge in [0.2, 0.25) is 0 Å². The molecule has 0 saturated carbocycles. The molecule has 0 N–H and O–H groups in total. The van der Waals surface area contributed by atoms with Crippen molar-refractivity contribution in [2.75, 3.05) is 0 Å². The first-order valence-electron chi connectivity index (χ1n) is 1.29. The van der Waals surface area contributed by atoms with E-state index in [0.29, 0.717) is 6.22 Å². The fourth-order valence-corrected chi connectivity index (χ4v) is 0.0556. The van der Waals surface area contributed by atoms with Crippen molar-refractivity contribution in [1.29, 1.82) is 0 Å². The zero-order valence-corrected chi connectivity index (χ0v) is 2.85. The third kappa shape index (κ3) is 4.15. The minimum atomic E-state index is 0.372. The average Bonchev–Trinajstić information content (AvgIpc) is 1.41. The summed E-state index contributed by atoms with van der Waals surface area (Å²) in [5.74, 6) is 0. The summed E-state index contributed by atoms with van der Waals surface area (Å²) >= 11 is 0. The van der Waals surface area contributed by atoms with Crippen LogP contribution in [0.2, 0.25) is 6.22 Å². The lowest BCUT2D eigenvalue weighted by Crippen LogP contribution is -1.91. The SMILES string of the molecule is [B]C[B]O[B]. The number of rotatable bonds is 2. The van der Waals surface area contributed by atoms with Crippen molar-refractivity contribution >= 4 is 23.4 Å². The maximum atomic E-state index is 4.88. The Bertz CT molecular complexity index is 14.4. The van der Waals surface area contributed by atoms with Crippen LogP contribution in [0.3, 0.4) is 0 Å². The van der Waals surface area contributed by atoms with E-state index in [0.717, 1.165) is 0 Å². The van der Waals surface area contributed by atoms with E-state index < -0.39 is 0 Å². The highest BCUT2D eigenvalue weighted by atomic mass is 16.4. The van der Waals surface area contributed by atoms with Crippen molar-refractivity contribution in [2.24, 2.45) is 0 Å². The molecule has 0 saturated heterocycles. The first kappa shape index (κ1) is 5.15. The van der Waals surface area contributed by atoms with Crippen LogP contribution in [0.1, 0.15) is 0 Å². The maximum absolute atomic E-state index is 4.88. The Labute approximate surface area is 35.2 Å². The largest absolute Gasteiger partial charge is 0.511 e. The Morgan fingerprint density at radius 2 is 2.40 bits per heavy atom. The maximum Gasteiger partial charge on any atom is 0.262 e. The molecule has 0 aliphatic rings. The summed E-state index contributed by atoms with van der Waals surface area (Å²) in [6.07, 6.45) is 0.372. The summed E-state index contributed by atoms with van der Waals surface area (Å²) in [5, 5.41) is 0. The summed E-state index contributed by atoms with van der Waals surface area (Å²) in [4.78, 5) is 0. The number of hydrogen-bond donors (Lipinski definition) is 0. The van der Waals surface area contributed by atoms with E-state index in [2.05, 4.69) is 12.6 Å². The fourth-order valence-electron chi connectivity index (χ4n) is 0.0556. The molecule has 1 nitrogen and oxygen atoms in total. The highest BCUT2D eigenvalue weighted by Gasteiger charge is 1.73. The van der Waals surface area contributed by atoms with Crippen LogP contribution < -0.4 is 0 Å². The third-order valence-corrected chi connectivity index (χ3v) is 0.192.